The van der Waals surface area contributed by atoms with Crippen molar-refractivity contribution in [3.63, 3.8) is 0 Å². The van der Waals surface area contributed by atoms with Crippen LogP contribution in [0.2, 0.25) is 0 Å². The second-order valence-electron chi connectivity index (χ2n) is 7.22. The van der Waals surface area contributed by atoms with Gasteiger partial charge in [-0.1, -0.05) is 38.1 Å². The lowest BCUT2D eigenvalue weighted by Gasteiger charge is -2.34. The summed E-state index contributed by atoms with van der Waals surface area (Å²) in [6.45, 7) is 11.0. The van der Waals surface area contributed by atoms with Gasteiger partial charge in [0.1, 0.15) is 5.82 Å². The number of fused-ring (bicyclic) bond motifs is 5. The van der Waals surface area contributed by atoms with Gasteiger partial charge in [-0.05, 0) is 48.4 Å². The van der Waals surface area contributed by atoms with Crippen LogP contribution in [0.25, 0.3) is 11.3 Å². The molecule has 0 spiro atoms. The average molecular weight is 294 g/mol. The lowest BCUT2D eigenvalue weighted by atomic mass is 9.68. The summed E-state index contributed by atoms with van der Waals surface area (Å²) in [6, 6.07) is 8.77. The molecular formula is C19H19FN2. The fraction of sp³-hybridized carbons (Fsp3) is 0.368. The molecular weight excluding hydrogens is 275 g/mol. The first-order valence-electron chi connectivity index (χ1n) is 7.68. The Kier molecular flexibility index (Phi) is 2.50. The maximum absolute atomic E-state index is 14.0. The third-order valence-electron chi connectivity index (χ3n) is 6.14. The zero-order valence-electron chi connectivity index (χ0n) is 13.2. The molecule has 1 fully saturated rings. The van der Waals surface area contributed by atoms with Crippen LogP contribution in [0, 0.1) is 11.2 Å². The summed E-state index contributed by atoms with van der Waals surface area (Å²) in [7, 11) is 0. The first-order valence-corrected chi connectivity index (χ1v) is 7.68. The summed E-state index contributed by atoms with van der Waals surface area (Å²) < 4.78 is 14.0. The van der Waals surface area contributed by atoms with E-state index in [1.54, 1.807) is 12.1 Å². The van der Waals surface area contributed by atoms with Gasteiger partial charge in [0.15, 0.2) is 0 Å². The van der Waals surface area contributed by atoms with E-state index in [2.05, 4.69) is 37.5 Å². The molecule has 0 unspecified atom stereocenters. The monoisotopic (exact) mass is 294 g/mol. The first kappa shape index (κ1) is 13.6. The molecule has 2 aliphatic rings. The SMILES string of the molecule is C=C1C[C@@H]2c3cc(-c4ccccc4F)nnc3[C@@]1(C)C2(C)C. The largest absolute Gasteiger partial charge is 0.206 e. The smallest absolute Gasteiger partial charge is 0.132 e. The van der Waals surface area contributed by atoms with Gasteiger partial charge in [0, 0.05) is 11.0 Å². The van der Waals surface area contributed by atoms with Crippen molar-refractivity contribution in [2.24, 2.45) is 5.41 Å². The van der Waals surface area contributed by atoms with Crippen LogP contribution in [-0.4, -0.2) is 10.2 Å². The van der Waals surface area contributed by atoms with Crippen LogP contribution in [0.3, 0.4) is 0 Å². The predicted octanol–water partition coefficient (Wildman–Crippen LogP) is 4.62. The van der Waals surface area contributed by atoms with E-state index >= 15 is 0 Å². The third-order valence-corrected chi connectivity index (χ3v) is 6.14. The molecule has 0 aliphatic heterocycles. The van der Waals surface area contributed by atoms with E-state index in [0.717, 1.165) is 12.1 Å². The van der Waals surface area contributed by atoms with Crippen LogP contribution in [0.15, 0.2) is 42.5 Å². The Bertz CT molecular complexity index is 809. The fourth-order valence-electron chi connectivity index (χ4n) is 4.34. The summed E-state index contributed by atoms with van der Waals surface area (Å²) in [6.07, 6.45) is 0.985. The standard InChI is InChI=1S/C19H19FN2/c1-11-9-14-13-10-16(12-7-5-6-8-15(12)20)21-22-17(13)19(11,4)18(14,2)3/h5-8,10,14H,1,9H2,2-4H3/t14-,19+/m1/s1. The second-order valence-corrected chi connectivity index (χ2v) is 7.22. The van der Waals surface area contributed by atoms with Crippen molar-refractivity contribution in [2.75, 3.05) is 0 Å². The molecule has 0 saturated heterocycles. The van der Waals surface area contributed by atoms with Gasteiger partial charge in [-0.15, -0.1) is 0 Å². The summed E-state index contributed by atoms with van der Waals surface area (Å²) >= 11 is 0. The van der Waals surface area contributed by atoms with Gasteiger partial charge in [0.05, 0.1) is 11.4 Å². The summed E-state index contributed by atoms with van der Waals surface area (Å²) in [5, 5.41) is 8.81. The normalized spacial score (nSPS) is 28.0. The lowest BCUT2D eigenvalue weighted by Crippen LogP contribution is -2.33. The van der Waals surface area contributed by atoms with Crippen LogP contribution in [0.5, 0.6) is 0 Å². The number of hydrogen-bond acceptors (Lipinski definition) is 2. The number of rotatable bonds is 1. The molecule has 1 aromatic heterocycles. The molecule has 3 heteroatoms. The number of benzene rings is 1. The zero-order chi connectivity index (χ0) is 15.7. The average Bonchev–Trinajstić information content (AvgIpc) is 2.77. The molecule has 2 aliphatic carbocycles. The maximum Gasteiger partial charge on any atom is 0.132 e. The first-order chi connectivity index (χ1) is 10.4. The quantitative estimate of drug-likeness (QED) is 0.717. The molecule has 2 atom stereocenters. The Morgan fingerprint density at radius 1 is 1.18 bits per heavy atom. The van der Waals surface area contributed by atoms with Gasteiger partial charge >= 0.3 is 0 Å². The van der Waals surface area contributed by atoms with E-state index in [1.807, 2.05) is 12.1 Å². The highest BCUT2D eigenvalue weighted by Crippen LogP contribution is 2.68. The molecule has 112 valence electrons. The summed E-state index contributed by atoms with van der Waals surface area (Å²) in [5.41, 5.74) is 4.56. The lowest BCUT2D eigenvalue weighted by molar-refractivity contribution is 0.248. The van der Waals surface area contributed by atoms with Crippen molar-refractivity contribution < 1.29 is 4.39 Å². The summed E-state index contributed by atoms with van der Waals surface area (Å²) in [5.74, 6) is 0.135. The van der Waals surface area contributed by atoms with E-state index in [0.29, 0.717) is 17.2 Å². The molecule has 22 heavy (non-hydrogen) atoms. The fourth-order valence-corrected chi connectivity index (χ4v) is 4.34. The van der Waals surface area contributed by atoms with Gasteiger partial charge < -0.3 is 0 Å². The number of aromatic nitrogens is 2. The minimum atomic E-state index is -0.255. The van der Waals surface area contributed by atoms with Crippen LogP contribution in [-0.2, 0) is 5.41 Å². The van der Waals surface area contributed by atoms with Gasteiger partial charge in [-0.3, -0.25) is 0 Å². The molecule has 2 aromatic rings. The highest BCUT2D eigenvalue weighted by molar-refractivity contribution is 5.63. The Balaban J connectivity index is 1.92. The minimum Gasteiger partial charge on any atom is -0.206 e. The van der Waals surface area contributed by atoms with E-state index in [1.165, 1.54) is 17.2 Å². The Labute approximate surface area is 130 Å². The Morgan fingerprint density at radius 3 is 2.64 bits per heavy atom. The summed E-state index contributed by atoms with van der Waals surface area (Å²) in [4.78, 5) is 0. The van der Waals surface area contributed by atoms with Gasteiger partial charge in [0.2, 0.25) is 0 Å². The highest BCUT2D eigenvalue weighted by atomic mass is 19.1. The number of halogens is 1. The maximum atomic E-state index is 14.0. The van der Waals surface area contributed by atoms with E-state index in [9.17, 15) is 4.39 Å². The molecule has 1 aromatic carbocycles. The Morgan fingerprint density at radius 2 is 1.91 bits per heavy atom. The molecule has 4 rings (SSSR count). The molecule has 0 N–H and O–H groups in total. The van der Waals surface area contributed by atoms with Crippen molar-refractivity contribution in [1.29, 1.82) is 0 Å². The minimum absolute atomic E-state index is 0.0783. The van der Waals surface area contributed by atoms with Gasteiger partial charge in [-0.2, -0.15) is 10.2 Å². The highest BCUT2D eigenvalue weighted by Gasteiger charge is 2.62. The van der Waals surface area contributed by atoms with E-state index in [4.69, 9.17) is 0 Å². The molecule has 1 heterocycles. The van der Waals surface area contributed by atoms with Crippen LogP contribution < -0.4 is 0 Å². The predicted molar refractivity (Wildman–Crippen MR) is 85.1 cm³/mol. The van der Waals surface area contributed by atoms with Crippen LogP contribution >= 0.6 is 0 Å². The number of nitrogens with zero attached hydrogens (tertiary/aromatic N) is 2. The van der Waals surface area contributed by atoms with Crippen LogP contribution in [0.1, 0.15) is 44.4 Å². The van der Waals surface area contributed by atoms with E-state index in [-0.39, 0.29) is 16.6 Å². The van der Waals surface area contributed by atoms with Crippen molar-refractivity contribution >= 4 is 0 Å². The second kappa shape index (κ2) is 4.03. The molecule has 2 nitrogen and oxygen atoms in total. The van der Waals surface area contributed by atoms with Gasteiger partial charge in [-0.25, -0.2) is 4.39 Å². The van der Waals surface area contributed by atoms with Gasteiger partial charge in [0.25, 0.3) is 0 Å². The van der Waals surface area contributed by atoms with E-state index < -0.39 is 0 Å². The van der Waals surface area contributed by atoms with Crippen LogP contribution in [0.4, 0.5) is 4.39 Å². The number of hydrogen-bond donors (Lipinski definition) is 0. The molecule has 0 radical (unpaired) electrons. The molecule has 1 saturated carbocycles. The molecule has 0 amide bonds. The van der Waals surface area contributed by atoms with Crippen molar-refractivity contribution in [3.8, 4) is 11.3 Å². The van der Waals surface area contributed by atoms with Crippen molar-refractivity contribution in [3.05, 3.63) is 59.6 Å². The van der Waals surface area contributed by atoms with Crippen molar-refractivity contribution in [2.45, 2.75) is 38.5 Å². The molecule has 2 bridgehead atoms. The Hall–Kier alpha value is -2.03. The zero-order valence-corrected chi connectivity index (χ0v) is 13.2. The third kappa shape index (κ3) is 1.39. The topological polar surface area (TPSA) is 25.8 Å². The van der Waals surface area contributed by atoms with Crippen molar-refractivity contribution in [1.82, 2.24) is 10.2 Å². The number of allylic oxidation sites excluding steroid dienone is 1.